The number of hydrogen-bond donors (Lipinski definition) is 1. The molecule has 0 aliphatic heterocycles. The summed E-state index contributed by atoms with van der Waals surface area (Å²) in [5.41, 5.74) is 9.71. The zero-order chi connectivity index (χ0) is 14.0. The van der Waals surface area contributed by atoms with Crippen molar-refractivity contribution in [1.82, 2.24) is 15.0 Å². The van der Waals surface area contributed by atoms with Crippen LogP contribution < -0.4 is 10.5 Å². The number of ether oxygens (including phenoxy) is 1. The van der Waals surface area contributed by atoms with Crippen LogP contribution in [0.2, 0.25) is 0 Å². The number of aromatic nitrogens is 3. The van der Waals surface area contributed by atoms with Crippen LogP contribution in [0.3, 0.4) is 0 Å². The Morgan fingerprint density at radius 1 is 1.37 bits per heavy atom. The van der Waals surface area contributed by atoms with Crippen LogP contribution in [0.25, 0.3) is 0 Å². The number of rotatable bonds is 4. The van der Waals surface area contributed by atoms with Crippen molar-refractivity contribution in [3.63, 3.8) is 0 Å². The van der Waals surface area contributed by atoms with Crippen LogP contribution in [-0.2, 0) is 13.7 Å². The Kier molecular flexibility index (Phi) is 3.74. The maximum absolute atomic E-state index is 5.96. The van der Waals surface area contributed by atoms with Crippen molar-refractivity contribution in [3.05, 3.63) is 35.2 Å². The predicted octanol–water partition coefficient (Wildman–Crippen LogP) is 2.41. The number of nitrogens with two attached hydrogens (primary N) is 1. The predicted molar refractivity (Wildman–Crippen MR) is 75.0 cm³/mol. The van der Waals surface area contributed by atoms with Crippen molar-refractivity contribution in [3.8, 4) is 5.75 Å². The quantitative estimate of drug-likeness (QED) is 0.857. The van der Waals surface area contributed by atoms with Crippen LogP contribution in [0.4, 0.5) is 5.69 Å². The summed E-state index contributed by atoms with van der Waals surface area (Å²) < 4.78 is 7.53. The summed E-state index contributed by atoms with van der Waals surface area (Å²) in [5.74, 6) is 1.23. The molecule has 0 amide bonds. The second-order valence-corrected chi connectivity index (χ2v) is 5.07. The first-order valence-corrected chi connectivity index (χ1v) is 6.35. The van der Waals surface area contributed by atoms with Crippen molar-refractivity contribution in [2.45, 2.75) is 33.3 Å². The molecule has 102 valence electrons. The smallest absolute Gasteiger partial charge is 0.134 e. The van der Waals surface area contributed by atoms with Gasteiger partial charge >= 0.3 is 0 Å². The lowest BCUT2D eigenvalue weighted by Crippen LogP contribution is -2.02. The van der Waals surface area contributed by atoms with E-state index in [1.807, 2.05) is 32.3 Å². The average Bonchev–Trinajstić information content (AvgIpc) is 2.76. The van der Waals surface area contributed by atoms with Gasteiger partial charge in [0.05, 0.1) is 6.20 Å². The summed E-state index contributed by atoms with van der Waals surface area (Å²) >= 11 is 0. The van der Waals surface area contributed by atoms with Crippen LogP contribution in [-0.4, -0.2) is 15.0 Å². The molecule has 1 aromatic heterocycles. The van der Waals surface area contributed by atoms with Gasteiger partial charge in [-0.15, -0.1) is 5.10 Å². The highest BCUT2D eigenvalue weighted by molar-refractivity contribution is 5.55. The Bertz CT molecular complexity index is 575. The fourth-order valence-electron chi connectivity index (χ4n) is 1.91. The minimum atomic E-state index is 0.361. The normalized spacial score (nSPS) is 11.0. The van der Waals surface area contributed by atoms with E-state index in [9.17, 15) is 0 Å². The van der Waals surface area contributed by atoms with Crippen LogP contribution in [0, 0.1) is 6.92 Å². The van der Waals surface area contributed by atoms with Crippen molar-refractivity contribution >= 4 is 5.69 Å². The summed E-state index contributed by atoms with van der Waals surface area (Å²) in [7, 11) is 1.84. The third kappa shape index (κ3) is 3.05. The van der Waals surface area contributed by atoms with Gasteiger partial charge in [0.2, 0.25) is 0 Å². The molecule has 0 aliphatic carbocycles. The van der Waals surface area contributed by atoms with Gasteiger partial charge in [-0.25, -0.2) is 0 Å². The first-order valence-electron chi connectivity index (χ1n) is 6.35. The van der Waals surface area contributed by atoms with Gasteiger partial charge in [-0.2, -0.15) is 0 Å². The fraction of sp³-hybridized carbons (Fsp3) is 0.429. The summed E-state index contributed by atoms with van der Waals surface area (Å²) in [5, 5.41) is 7.89. The molecule has 0 bridgehead atoms. The van der Waals surface area contributed by atoms with Gasteiger partial charge in [0, 0.05) is 12.7 Å². The largest absolute Gasteiger partial charge is 0.487 e. The summed E-state index contributed by atoms with van der Waals surface area (Å²) in [4.78, 5) is 0. The van der Waals surface area contributed by atoms with Crippen molar-refractivity contribution in [1.29, 1.82) is 0 Å². The highest BCUT2D eigenvalue weighted by Crippen LogP contribution is 2.31. The van der Waals surface area contributed by atoms with Crippen molar-refractivity contribution < 1.29 is 4.74 Å². The van der Waals surface area contributed by atoms with Crippen molar-refractivity contribution in [2.75, 3.05) is 5.73 Å². The van der Waals surface area contributed by atoms with E-state index in [1.165, 1.54) is 0 Å². The molecular weight excluding hydrogens is 240 g/mol. The Labute approximate surface area is 113 Å². The van der Waals surface area contributed by atoms with Crippen LogP contribution >= 0.6 is 0 Å². The molecule has 1 aromatic carbocycles. The summed E-state index contributed by atoms with van der Waals surface area (Å²) in [6.45, 7) is 6.64. The fourth-order valence-corrected chi connectivity index (χ4v) is 1.91. The van der Waals surface area contributed by atoms with E-state index in [0.29, 0.717) is 12.5 Å². The minimum Gasteiger partial charge on any atom is -0.487 e. The van der Waals surface area contributed by atoms with Crippen molar-refractivity contribution in [2.24, 2.45) is 7.05 Å². The first kappa shape index (κ1) is 13.4. The maximum atomic E-state index is 5.96. The van der Waals surface area contributed by atoms with Crippen LogP contribution in [0.5, 0.6) is 5.75 Å². The SMILES string of the molecule is Cc1cc(OCc2cn(C)nn2)c(C(C)C)cc1N. The van der Waals surface area contributed by atoms with E-state index in [2.05, 4.69) is 24.2 Å². The Morgan fingerprint density at radius 3 is 2.68 bits per heavy atom. The second kappa shape index (κ2) is 5.30. The molecule has 0 atom stereocenters. The molecule has 2 rings (SSSR count). The average molecular weight is 260 g/mol. The summed E-state index contributed by atoms with van der Waals surface area (Å²) in [6, 6.07) is 3.98. The van der Waals surface area contributed by atoms with Gasteiger partial charge in [-0.3, -0.25) is 4.68 Å². The molecule has 5 heteroatoms. The number of hydrogen-bond acceptors (Lipinski definition) is 4. The van der Waals surface area contributed by atoms with Gasteiger partial charge in [0.1, 0.15) is 18.1 Å². The molecule has 0 aliphatic rings. The standard InChI is InChI=1S/C14H20N4O/c1-9(2)12-6-13(15)10(3)5-14(12)19-8-11-7-18(4)17-16-11/h5-7,9H,8,15H2,1-4H3. The van der Waals surface area contributed by atoms with Gasteiger partial charge in [-0.1, -0.05) is 19.1 Å². The van der Waals surface area contributed by atoms with Gasteiger partial charge in [0.25, 0.3) is 0 Å². The lowest BCUT2D eigenvalue weighted by atomic mass is 9.99. The number of benzene rings is 1. The summed E-state index contributed by atoms with van der Waals surface area (Å²) in [6.07, 6.45) is 1.85. The molecule has 0 saturated heterocycles. The van der Waals surface area contributed by atoms with E-state index in [4.69, 9.17) is 10.5 Å². The number of nitrogen functional groups attached to an aromatic ring is 1. The number of anilines is 1. The third-order valence-corrected chi connectivity index (χ3v) is 3.05. The molecule has 0 saturated carbocycles. The van der Waals surface area contributed by atoms with Gasteiger partial charge < -0.3 is 10.5 Å². The molecule has 1 heterocycles. The molecule has 5 nitrogen and oxygen atoms in total. The van der Waals surface area contributed by atoms with Gasteiger partial charge in [-0.05, 0) is 36.1 Å². The monoisotopic (exact) mass is 260 g/mol. The zero-order valence-corrected chi connectivity index (χ0v) is 11.8. The topological polar surface area (TPSA) is 66.0 Å². The first-order chi connectivity index (χ1) is 8.97. The molecule has 0 fully saturated rings. The number of nitrogens with zero attached hydrogens (tertiary/aromatic N) is 3. The second-order valence-electron chi connectivity index (χ2n) is 5.07. The Morgan fingerprint density at radius 2 is 2.11 bits per heavy atom. The molecule has 19 heavy (non-hydrogen) atoms. The lowest BCUT2D eigenvalue weighted by molar-refractivity contribution is 0.296. The molecule has 2 aromatic rings. The number of aryl methyl sites for hydroxylation is 2. The maximum Gasteiger partial charge on any atom is 0.134 e. The molecule has 0 spiro atoms. The third-order valence-electron chi connectivity index (χ3n) is 3.05. The lowest BCUT2D eigenvalue weighted by Gasteiger charge is -2.15. The van der Waals surface area contributed by atoms with E-state index in [1.54, 1.807) is 4.68 Å². The molecular formula is C14H20N4O. The van der Waals surface area contributed by atoms with Gasteiger partial charge in [0.15, 0.2) is 0 Å². The highest BCUT2D eigenvalue weighted by atomic mass is 16.5. The molecule has 0 radical (unpaired) electrons. The molecule has 0 unspecified atom stereocenters. The van der Waals surface area contributed by atoms with E-state index in [0.717, 1.165) is 28.3 Å². The Balaban J connectivity index is 2.21. The van der Waals surface area contributed by atoms with E-state index >= 15 is 0 Å². The van der Waals surface area contributed by atoms with E-state index < -0.39 is 0 Å². The Hall–Kier alpha value is -2.04. The minimum absolute atomic E-state index is 0.361. The highest BCUT2D eigenvalue weighted by Gasteiger charge is 2.11. The zero-order valence-electron chi connectivity index (χ0n) is 11.8. The van der Waals surface area contributed by atoms with Crippen LogP contribution in [0.1, 0.15) is 36.6 Å². The molecule has 2 N–H and O–H groups in total. The van der Waals surface area contributed by atoms with E-state index in [-0.39, 0.29) is 0 Å². The van der Waals surface area contributed by atoms with Crippen LogP contribution in [0.15, 0.2) is 18.3 Å².